The molecule has 1 aromatic heterocycles. The molecule has 0 bridgehead atoms. The summed E-state index contributed by atoms with van der Waals surface area (Å²) in [6, 6.07) is 70.1. The van der Waals surface area contributed by atoms with E-state index in [2.05, 4.69) is 208 Å². The van der Waals surface area contributed by atoms with E-state index < -0.39 is 0 Å². The number of hydrogen-bond donors (Lipinski definition) is 0. The molecule has 0 amide bonds. The van der Waals surface area contributed by atoms with Gasteiger partial charge in [-0.15, -0.1) is 0 Å². The fraction of sp³-hybridized carbons (Fsp3) is 0.0545. The van der Waals surface area contributed by atoms with Crippen LogP contribution in [0.25, 0.3) is 99.6 Å². The Morgan fingerprint density at radius 1 is 0.333 bits per heavy atom. The number of fused-ring (bicyclic) bond motifs is 7. The van der Waals surface area contributed by atoms with E-state index in [0.29, 0.717) is 5.82 Å². The van der Waals surface area contributed by atoms with Gasteiger partial charge in [0.1, 0.15) is 0 Å². The fourth-order valence-corrected chi connectivity index (χ4v) is 9.29. The van der Waals surface area contributed by atoms with Gasteiger partial charge in [-0.05, 0) is 89.0 Å². The van der Waals surface area contributed by atoms with Gasteiger partial charge in [-0.2, -0.15) is 0 Å². The largest absolute Gasteiger partial charge is 0.228 e. The van der Waals surface area contributed by atoms with Gasteiger partial charge in [0, 0.05) is 22.1 Å². The van der Waals surface area contributed by atoms with Crippen molar-refractivity contribution < 1.29 is 0 Å². The highest BCUT2D eigenvalue weighted by Crippen LogP contribution is 2.55. The van der Waals surface area contributed by atoms with Gasteiger partial charge in [0.25, 0.3) is 0 Å². The van der Waals surface area contributed by atoms with Crippen molar-refractivity contribution in [2.24, 2.45) is 0 Å². The predicted molar refractivity (Wildman–Crippen MR) is 239 cm³/mol. The number of benzene rings is 9. The van der Waals surface area contributed by atoms with Crippen LogP contribution in [-0.4, -0.2) is 9.97 Å². The molecule has 1 heterocycles. The zero-order chi connectivity index (χ0) is 38.1. The molecule has 1 aliphatic rings. The van der Waals surface area contributed by atoms with E-state index in [4.69, 9.17) is 9.97 Å². The van der Waals surface area contributed by atoms with E-state index in [1.54, 1.807) is 0 Å². The first-order chi connectivity index (χ1) is 28.0. The van der Waals surface area contributed by atoms with Crippen LogP contribution in [0.15, 0.2) is 194 Å². The van der Waals surface area contributed by atoms with Crippen molar-refractivity contribution in [1.29, 1.82) is 0 Å². The van der Waals surface area contributed by atoms with Crippen molar-refractivity contribution in [2.45, 2.75) is 19.3 Å². The Bertz CT molecular complexity index is 3210. The average Bonchev–Trinajstić information content (AvgIpc) is 3.52. The Balaban J connectivity index is 1.14. The third-order valence-corrected chi connectivity index (χ3v) is 12.1. The Morgan fingerprint density at radius 3 is 1.72 bits per heavy atom. The minimum absolute atomic E-state index is 0.117. The van der Waals surface area contributed by atoms with Crippen LogP contribution in [0.4, 0.5) is 0 Å². The summed E-state index contributed by atoms with van der Waals surface area (Å²) >= 11 is 0. The minimum Gasteiger partial charge on any atom is -0.228 e. The summed E-state index contributed by atoms with van der Waals surface area (Å²) in [6.45, 7) is 4.74. The van der Waals surface area contributed by atoms with Crippen molar-refractivity contribution in [2.75, 3.05) is 0 Å². The summed E-state index contributed by atoms with van der Waals surface area (Å²) in [4.78, 5) is 10.7. The molecule has 268 valence electrons. The molecule has 2 heteroatoms. The van der Waals surface area contributed by atoms with Crippen LogP contribution in [0.1, 0.15) is 25.0 Å². The summed E-state index contributed by atoms with van der Waals surface area (Å²) < 4.78 is 0. The minimum atomic E-state index is -0.117. The second-order valence-electron chi connectivity index (χ2n) is 15.7. The standard InChI is InChI=1S/C55H38N2/c1-55(2)48-28-14-26-46(53(48)52-41-23-9-7-18-37(41)29-32-49(52)55)44-30-31-45(43-25-11-10-24-42(43)44)51-34-50(39-21-12-20-38(33-39)35-15-4-3-5-16-35)56-54(57-51)47-27-13-19-36-17-6-8-22-40(36)47/h3-34H,1-2H3. The van der Waals surface area contributed by atoms with E-state index in [1.807, 2.05) is 0 Å². The monoisotopic (exact) mass is 726 g/mol. The number of nitrogens with zero attached hydrogens (tertiary/aromatic N) is 2. The highest BCUT2D eigenvalue weighted by atomic mass is 14.9. The van der Waals surface area contributed by atoms with Crippen LogP contribution in [0.2, 0.25) is 0 Å². The topological polar surface area (TPSA) is 25.8 Å². The van der Waals surface area contributed by atoms with Crippen molar-refractivity contribution in [3.8, 4) is 67.3 Å². The SMILES string of the molecule is CC1(C)c2cccc(-c3ccc(-c4cc(-c5cccc(-c6ccccc6)c5)nc(-c5cccc6ccccc56)n4)c4ccccc34)c2-c2c1ccc1ccccc21. The second-order valence-corrected chi connectivity index (χ2v) is 15.7. The van der Waals surface area contributed by atoms with Gasteiger partial charge in [-0.3, -0.25) is 0 Å². The summed E-state index contributed by atoms with van der Waals surface area (Å²) in [7, 11) is 0. The van der Waals surface area contributed by atoms with Crippen LogP contribution >= 0.6 is 0 Å². The second kappa shape index (κ2) is 13.0. The molecule has 10 aromatic rings. The maximum atomic E-state index is 5.41. The maximum Gasteiger partial charge on any atom is 0.161 e. The summed E-state index contributed by atoms with van der Waals surface area (Å²) in [5, 5.41) is 7.24. The molecular weight excluding hydrogens is 689 g/mol. The molecular formula is C55H38N2. The van der Waals surface area contributed by atoms with E-state index >= 15 is 0 Å². The Hall–Kier alpha value is -7.16. The van der Waals surface area contributed by atoms with Gasteiger partial charge in [-0.25, -0.2) is 9.97 Å². The van der Waals surface area contributed by atoms with Crippen LogP contribution < -0.4 is 0 Å². The molecule has 57 heavy (non-hydrogen) atoms. The first kappa shape index (κ1) is 33.2. The van der Waals surface area contributed by atoms with Crippen LogP contribution in [0, 0.1) is 0 Å². The maximum absolute atomic E-state index is 5.41. The zero-order valence-electron chi connectivity index (χ0n) is 31.9. The van der Waals surface area contributed by atoms with Gasteiger partial charge >= 0.3 is 0 Å². The molecule has 0 N–H and O–H groups in total. The summed E-state index contributed by atoms with van der Waals surface area (Å²) in [5.74, 6) is 0.712. The number of rotatable bonds is 5. The van der Waals surface area contributed by atoms with E-state index in [-0.39, 0.29) is 5.41 Å². The quantitative estimate of drug-likeness (QED) is 0.176. The lowest BCUT2D eigenvalue weighted by molar-refractivity contribution is 0.661. The van der Waals surface area contributed by atoms with E-state index in [9.17, 15) is 0 Å². The molecule has 0 radical (unpaired) electrons. The van der Waals surface area contributed by atoms with Crippen molar-refractivity contribution in [3.63, 3.8) is 0 Å². The molecule has 9 aromatic carbocycles. The lowest BCUT2D eigenvalue weighted by Crippen LogP contribution is -2.14. The van der Waals surface area contributed by atoms with Gasteiger partial charge in [0.15, 0.2) is 5.82 Å². The summed E-state index contributed by atoms with van der Waals surface area (Å²) in [5.41, 5.74) is 15.1. The lowest BCUT2D eigenvalue weighted by Gasteiger charge is -2.22. The number of aromatic nitrogens is 2. The van der Waals surface area contributed by atoms with Crippen LogP contribution in [0.3, 0.4) is 0 Å². The van der Waals surface area contributed by atoms with Crippen molar-refractivity contribution in [1.82, 2.24) is 9.97 Å². The molecule has 11 rings (SSSR count). The molecule has 0 unspecified atom stereocenters. The predicted octanol–water partition coefficient (Wildman–Crippen LogP) is 14.6. The van der Waals surface area contributed by atoms with E-state index in [0.717, 1.165) is 44.4 Å². The van der Waals surface area contributed by atoms with E-state index in [1.165, 1.54) is 60.5 Å². The fourth-order valence-electron chi connectivity index (χ4n) is 9.29. The first-order valence-electron chi connectivity index (χ1n) is 19.7. The average molecular weight is 727 g/mol. The third kappa shape index (κ3) is 5.33. The molecule has 0 saturated carbocycles. The molecule has 0 atom stereocenters. The first-order valence-corrected chi connectivity index (χ1v) is 19.7. The van der Waals surface area contributed by atoms with Gasteiger partial charge in [-0.1, -0.05) is 196 Å². The molecule has 0 saturated heterocycles. The van der Waals surface area contributed by atoms with Crippen LogP contribution in [-0.2, 0) is 5.41 Å². The molecule has 0 fully saturated rings. The van der Waals surface area contributed by atoms with Crippen LogP contribution in [0.5, 0.6) is 0 Å². The highest BCUT2D eigenvalue weighted by Gasteiger charge is 2.38. The summed E-state index contributed by atoms with van der Waals surface area (Å²) in [6.07, 6.45) is 0. The van der Waals surface area contributed by atoms with Gasteiger partial charge in [0.2, 0.25) is 0 Å². The molecule has 0 aliphatic heterocycles. The highest BCUT2D eigenvalue weighted by molar-refractivity contribution is 6.11. The third-order valence-electron chi connectivity index (χ3n) is 12.1. The molecule has 0 spiro atoms. The molecule has 1 aliphatic carbocycles. The molecule has 2 nitrogen and oxygen atoms in total. The Labute approximate surface area is 332 Å². The Kier molecular flexibility index (Phi) is 7.55. The van der Waals surface area contributed by atoms with Crippen molar-refractivity contribution >= 4 is 32.3 Å². The zero-order valence-corrected chi connectivity index (χ0v) is 31.9. The van der Waals surface area contributed by atoms with Crippen molar-refractivity contribution in [3.05, 3.63) is 205 Å². The smallest absolute Gasteiger partial charge is 0.161 e. The lowest BCUT2D eigenvalue weighted by atomic mass is 9.81. The van der Waals surface area contributed by atoms with Gasteiger partial charge in [0.05, 0.1) is 11.4 Å². The Morgan fingerprint density at radius 2 is 0.895 bits per heavy atom. The normalized spacial score (nSPS) is 12.9. The van der Waals surface area contributed by atoms with Gasteiger partial charge < -0.3 is 0 Å². The number of hydrogen-bond acceptors (Lipinski definition) is 2.